The number of aromatic nitrogens is 2. The highest BCUT2D eigenvalue weighted by Crippen LogP contribution is 2.27. The van der Waals surface area contributed by atoms with Crippen LogP contribution in [0.4, 0.5) is 0 Å². The number of ether oxygens (including phenoxy) is 2. The van der Waals surface area contributed by atoms with Gasteiger partial charge in [-0.15, -0.1) is 0 Å². The number of carbonyl (C=O) groups excluding carboxylic acids is 1. The van der Waals surface area contributed by atoms with E-state index in [0.717, 1.165) is 37.4 Å². The van der Waals surface area contributed by atoms with Gasteiger partial charge < -0.3 is 14.8 Å². The second-order valence-corrected chi connectivity index (χ2v) is 7.46. The third kappa shape index (κ3) is 5.28. The van der Waals surface area contributed by atoms with E-state index in [2.05, 4.69) is 16.5 Å². The molecule has 2 atom stereocenters. The molecule has 0 unspecified atom stereocenters. The summed E-state index contributed by atoms with van der Waals surface area (Å²) in [4.78, 5) is 12.3. The molecule has 1 aliphatic carbocycles. The predicted molar refractivity (Wildman–Crippen MR) is 95.4 cm³/mol. The zero-order valence-electron chi connectivity index (χ0n) is 15.5. The number of amides is 1. The molecule has 0 spiro atoms. The first-order valence-electron chi connectivity index (χ1n) is 9.61. The Morgan fingerprint density at radius 1 is 1.40 bits per heavy atom. The zero-order valence-corrected chi connectivity index (χ0v) is 15.5. The second kappa shape index (κ2) is 8.81. The summed E-state index contributed by atoms with van der Waals surface area (Å²) < 4.78 is 13.6. The molecule has 1 saturated carbocycles. The van der Waals surface area contributed by atoms with E-state index in [1.165, 1.54) is 19.3 Å². The standard InChI is InChI=1S/C19H31N3O3/c1-14-11-15(2)22(21-14)9-4-7-19(23)20-17-8-10-24-13-18(17)25-12-16-5-3-6-16/h11,16-18H,3-10,12-13H2,1-2H3,(H,20,23)/t17-,18-/m1/s1. The molecule has 2 aliphatic rings. The smallest absolute Gasteiger partial charge is 0.220 e. The normalized spacial score (nSPS) is 24.1. The van der Waals surface area contributed by atoms with E-state index in [9.17, 15) is 4.79 Å². The first-order valence-corrected chi connectivity index (χ1v) is 9.61. The Hall–Kier alpha value is -1.40. The minimum atomic E-state index is -0.00527. The molecule has 1 saturated heterocycles. The zero-order chi connectivity index (χ0) is 17.6. The van der Waals surface area contributed by atoms with Gasteiger partial charge in [0.2, 0.25) is 5.91 Å². The van der Waals surface area contributed by atoms with Crippen LogP contribution in [0, 0.1) is 19.8 Å². The number of hydrogen-bond acceptors (Lipinski definition) is 4. The molecule has 1 aromatic heterocycles. The van der Waals surface area contributed by atoms with Crippen LogP contribution in [-0.4, -0.2) is 47.7 Å². The van der Waals surface area contributed by atoms with Crippen LogP contribution in [0.1, 0.15) is 49.9 Å². The van der Waals surface area contributed by atoms with E-state index in [-0.39, 0.29) is 18.1 Å². The largest absolute Gasteiger partial charge is 0.379 e. The van der Waals surface area contributed by atoms with Gasteiger partial charge in [-0.2, -0.15) is 5.10 Å². The van der Waals surface area contributed by atoms with Crippen molar-refractivity contribution in [3.8, 4) is 0 Å². The Bertz CT molecular complexity index is 568. The SMILES string of the molecule is Cc1cc(C)n(CCCC(=O)N[C@@H]2CCOC[C@H]2OCC2CCC2)n1. The second-order valence-electron chi connectivity index (χ2n) is 7.46. The molecule has 1 amide bonds. The fourth-order valence-electron chi connectivity index (χ4n) is 3.53. The average Bonchev–Trinajstić information content (AvgIpc) is 2.85. The molecule has 3 rings (SSSR count). The Morgan fingerprint density at radius 3 is 2.92 bits per heavy atom. The summed E-state index contributed by atoms with van der Waals surface area (Å²) in [6.07, 6.45) is 6.02. The van der Waals surface area contributed by atoms with Crippen molar-refractivity contribution in [2.45, 2.75) is 71.1 Å². The summed E-state index contributed by atoms with van der Waals surface area (Å²) in [6.45, 7) is 6.90. The van der Waals surface area contributed by atoms with Crippen LogP contribution in [0.5, 0.6) is 0 Å². The summed E-state index contributed by atoms with van der Waals surface area (Å²) in [5, 5.41) is 7.60. The molecule has 0 bridgehead atoms. The highest BCUT2D eigenvalue weighted by Gasteiger charge is 2.29. The minimum absolute atomic E-state index is 0.00527. The van der Waals surface area contributed by atoms with Gasteiger partial charge in [-0.3, -0.25) is 9.48 Å². The molecule has 25 heavy (non-hydrogen) atoms. The van der Waals surface area contributed by atoms with Crippen LogP contribution in [0.2, 0.25) is 0 Å². The van der Waals surface area contributed by atoms with Crippen LogP contribution < -0.4 is 5.32 Å². The number of aryl methyl sites for hydroxylation is 3. The maximum absolute atomic E-state index is 12.3. The number of nitrogens with zero attached hydrogens (tertiary/aromatic N) is 2. The van der Waals surface area contributed by atoms with Gasteiger partial charge in [0, 0.05) is 31.9 Å². The van der Waals surface area contributed by atoms with Crippen molar-refractivity contribution < 1.29 is 14.3 Å². The quantitative estimate of drug-likeness (QED) is 0.782. The third-order valence-electron chi connectivity index (χ3n) is 5.30. The van der Waals surface area contributed by atoms with E-state index in [1.807, 2.05) is 18.5 Å². The summed E-state index contributed by atoms with van der Waals surface area (Å²) >= 11 is 0. The lowest BCUT2D eigenvalue weighted by Crippen LogP contribution is -2.50. The molecular weight excluding hydrogens is 318 g/mol. The number of nitrogens with one attached hydrogen (secondary N) is 1. The van der Waals surface area contributed by atoms with Gasteiger partial charge in [0.25, 0.3) is 0 Å². The Morgan fingerprint density at radius 2 is 2.24 bits per heavy atom. The highest BCUT2D eigenvalue weighted by molar-refractivity contribution is 5.76. The summed E-state index contributed by atoms with van der Waals surface area (Å²) in [7, 11) is 0. The van der Waals surface area contributed by atoms with Crippen molar-refractivity contribution in [2.75, 3.05) is 19.8 Å². The average molecular weight is 349 g/mol. The van der Waals surface area contributed by atoms with Crippen molar-refractivity contribution >= 4 is 5.91 Å². The van der Waals surface area contributed by atoms with Gasteiger partial charge in [-0.1, -0.05) is 6.42 Å². The number of hydrogen-bond donors (Lipinski definition) is 1. The monoisotopic (exact) mass is 349 g/mol. The van der Waals surface area contributed by atoms with Crippen LogP contribution in [-0.2, 0) is 20.8 Å². The van der Waals surface area contributed by atoms with Gasteiger partial charge in [0.05, 0.1) is 18.3 Å². The fraction of sp³-hybridized carbons (Fsp3) is 0.789. The predicted octanol–water partition coefficient (Wildman–Crippen LogP) is 2.37. The van der Waals surface area contributed by atoms with Crippen LogP contribution in [0.25, 0.3) is 0 Å². The molecule has 140 valence electrons. The molecule has 6 heteroatoms. The molecule has 1 N–H and O–H groups in total. The third-order valence-corrected chi connectivity index (χ3v) is 5.30. The van der Waals surface area contributed by atoms with Crippen molar-refractivity contribution in [1.29, 1.82) is 0 Å². The molecule has 0 radical (unpaired) electrons. The van der Waals surface area contributed by atoms with Crippen molar-refractivity contribution in [3.05, 3.63) is 17.5 Å². The Balaban J connectivity index is 1.39. The highest BCUT2D eigenvalue weighted by atomic mass is 16.5. The molecule has 1 aliphatic heterocycles. The van der Waals surface area contributed by atoms with E-state index >= 15 is 0 Å². The molecule has 0 aromatic carbocycles. The van der Waals surface area contributed by atoms with E-state index in [1.54, 1.807) is 0 Å². The molecule has 1 aromatic rings. The molecule has 2 fully saturated rings. The van der Waals surface area contributed by atoms with Crippen molar-refractivity contribution in [1.82, 2.24) is 15.1 Å². The Kier molecular flexibility index (Phi) is 6.48. The summed E-state index contributed by atoms with van der Waals surface area (Å²) in [5.41, 5.74) is 2.17. The number of rotatable bonds is 8. The van der Waals surface area contributed by atoms with Gasteiger partial charge in [-0.05, 0) is 51.5 Å². The van der Waals surface area contributed by atoms with Gasteiger partial charge >= 0.3 is 0 Å². The lowest BCUT2D eigenvalue weighted by Gasteiger charge is -2.34. The fourth-order valence-corrected chi connectivity index (χ4v) is 3.53. The molecule has 6 nitrogen and oxygen atoms in total. The van der Waals surface area contributed by atoms with Gasteiger partial charge in [0.1, 0.15) is 6.10 Å². The maximum atomic E-state index is 12.3. The van der Waals surface area contributed by atoms with E-state index < -0.39 is 0 Å². The lowest BCUT2D eigenvalue weighted by atomic mass is 9.86. The molecule has 2 heterocycles. The van der Waals surface area contributed by atoms with Crippen LogP contribution in [0.3, 0.4) is 0 Å². The van der Waals surface area contributed by atoms with Crippen LogP contribution in [0.15, 0.2) is 6.07 Å². The maximum Gasteiger partial charge on any atom is 0.220 e. The summed E-state index contributed by atoms with van der Waals surface area (Å²) in [6, 6.07) is 2.14. The van der Waals surface area contributed by atoms with E-state index in [0.29, 0.717) is 25.6 Å². The molecular formula is C19H31N3O3. The number of carbonyl (C=O) groups is 1. The lowest BCUT2D eigenvalue weighted by molar-refractivity contribution is -0.127. The first-order chi connectivity index (χ1) is 12.1. The topological polar surface area (TPSA) is 65.4 Å². The van der Waals surface area contributed by atoms with Gasteiger partial charge in [0.15, 0.2) is 0 Å². The van der Waals surface area contributed by atoms with E-state index in [4.69, 9.17) is 9.47 Å². The van der Waals surface area contributed by atoms with Crippen molar-refractivity contribution in [2.24, 2.45) is 5.92 Å². The first kappa shape index (κ1) is 18.4. The minimum Gasteiger partial charge on any atom is -0.379 e. The van der Waals surface area contributed by atoms with Crippen molar-refractivity contribution in [3.63, 3.8) is 0 Å². The van der Waals surface area contributed by atoms with Crippen LogP contribution >= 0.6 is 0 Å². The summed E-state index contributed by atoms with van der Waals surface area (Å²) in [5.74, 6) is 0.810. The Labute approximate surface area is 150 Å². The van der Waals surface area contributed by atoms with Gasteiger partial charge in [-0.25, -0.2) is 0 Å².